The van der Waals surface area contributed by atoms with Crippen LogP contribution in [0.25, 0.3) is 5.65 Å². The van der Waals surface area contributed by atoms with E-state index in [9.17, 15) is 9.59 Å². The van der Waals surface area contributed by atoms with Crippen molar-refractivity contribution in [1.82, 2.24) is 14.3 Å². The minimum Gasteiger partial charge on any atom is -0.464 e. The Kier molecular flexibility index (Phi) is 4.89. The molecule has 2 aromatic rings. The molecule has 0 spiro atoms. The van der Waals surface area contributed by atoms with E-state index in [-0.39, 0.29) is 12.1 Å². The van der Waals surface area contributed by atoms with E-state index in [2.05, 4.69) is 4.98 Å². The molecule has 0 bridgehead atoms. The van der Waals surface area contributed by atoms with Gasteiger partial charge in [0, 0.05) is 24.5 Å². The van der Waals surface area contributed by atoms with Crippen LogP contribution in [0.1, 0.15) is 62.1 Å². The zero-order valence-electron chi connectivity index (χ0n) is 15.7. The van der Waals surface area contributed by atoms with Gasteiger partial charge in [0.15, 0.2) is 0 Å². The molecule has 1 unspecified atom stereocenters. The molecule has 0 radical (unpaired) electrons. The number of nitrogens with zero attached hydrogens (tertiary/aromatic N) is 3. The second kappa shape index (κ2) is 6.97. The molecule has 1 atom stereocenters. The van der Waals surface area contributed by atoms with Crippen LogP contribution in [0.5, 0.6) is 0 Å². The van der Waals surface area contributed by atoms with Gasteiger partial charge in [-0.25, -0.2) is 14.6 Å². The smallest absolute Gasteiger partial charge is 0.410 e. The van der Waals surface area contributed by atoms with Crippen LogP contribution in [0.15, 0.2) is 24.5 Å². The molecule has 0 aliphatic carbocycles. The first-order valence-corrected chi connectivity index (χ1v) is 8.86. The number of esters is 1. The summed E-state index contributed by atoms with van der Waals surface area (Å²) in [7, 11) is 1.35. The Bertz CT molecular complexity index is 822. The van der Waals surface area contributed by atoms with Gasteiger partial charge < -0.3 is 14.4 Å². The van der Waals surface area contributed by atoms with Gasteiger partial charge in [-0.2, -0.15) is 0 Å². The molecule has 3 rings (SSSR count). The Morgan fingerprint density at radius 3 is 2.69 bits per heavy atom. The fraction of sp³-hybridized carbons (Fsp3) is 0.526. The third-order valence-corrected chi connectivity index (χ3v) is 4.46. The van der Waals surface area contributed by atoms with Gasteiger partial charge in [-0.3, -0.25) is 4.40 Å². The van der Waals surface area contributed by atoms with Crippen LogP contribution in [0, 0.1) is 0 Å². The molecule has 1 saturated heterocycles. The molecule has 0 aromatic carbocycles. The highest BCUT2D eigenvalue weighted by molar-refractivity contribution is 5.88. The Balaban J connectivity index is 1.99. The van der Waals surface area contributed by atoms with Crippen LogP contribution in [0.2, 0.25) is 0 Å². The van der Waals surface area contributed by atoms with E-state index in [1.807, 2.05) is 26.8 Å². The van der Waals surface area contributed by atoms with Gasteiger partial charge in [0.25, 0.3) is 0 Å². The number of carbonyl (C=O) groups is 2. The SMILES string of the molecule is COC(=O)c1ccc(C2CCCCN2C(=O)OC(C)(C)C)c2nccn12. The molecule has 1 aliphatic heterocycles. The summed E-state index contributed by atoms with van der Waals surface area (Å²) in [5, 5.41) is 0. The maximum absolute atomic E-state index is 12.7. The van der Waals surface area contributed by atoms with Crippen molar-refractivity contribution in [3.8, 4) is 0 Å². The number of rotatable bonds is 2. The molecule has 1 aliphatic rings. The predicted octanol–water partition coefficient (Wildman–Crippen LogP) is 3.58. The lowest BCUT2D eigenvalue weighted by molar-refractivity contribution is 0.00959. The number of hydrogen-bond donors (Lipinski definition) is 0. The monoisotopic (exact) mass is 359 g/mol. The fourth-order valence-electron chi connectivity index (χ4n) is 3.36. The summed E-state index contributed by atoms with van der Waals surface area (Å²) in [6, 6.07) is 3.45. The number of fused-ring (bicyclic) bond motifs is 1. The number of ether oxygens (including phenoxy) is 2. The standard InChI is InChI=1S/C19H25N3O4/c1-19(2,3)26-18(24)22-11-6-5-7-14(22)13-8-9-15(17(23)25-4)21-12-10-20-16(13)21/h8-10,12,14H,5-7,11H2,1-4H3. The quantitative estimate of drug-likeness (QED) is 0.766. The molecule has 1 amide bonds. The second-order valence-corrected chi connectivity index (χ2v) is 7.47. The molecule has 2 aromatic heterocycles. The second-order valence-electron chi connectivity index (χ2n) is 7.47. The summed E-state index contributed by atoms with van der Waals surface area (Å²) in [5.41, 5.74) is 1.43. The highest BCUT2D eigenvalue weighted by Crippen LogP contribution is 2.34. The molecule has 3 heterocycles. The highest BCUT2D eigenvalue weighted by Gasteiger charge is 2.33. The Morgan fingerprint density at radius 1 is 1.23 bits per heavy atom. The normalized spacial score (nSPS) is 18.0. The molecule has 26 heavy (non-hydrogen) atoms. The number of aromatic nitrogens is 2. The summed E-state index contributed by atoms with van der Waals surface area (Å²) in [6.07, 6.45) is 5.86. The lowest BCUT2D eigenvalue weighted by atomic mass is 9.96. The number of methoxy groups -OCH3 is 1. The van der Waals surface area contributed by atoms with E-state index in [0.717, 1.165) is 24.8 Å². The Labute approximate surface area is 152 Å². The van der Waals surface area contributed by atoms with E-state index >= 15 is 0 Å². The largest absolute Gasteiger partial charge is 0.464 e. The van der Waals surface area contributed by atoms with Crippen LogP contribution in [0.4, 0.5) is 4.79 Å². The van der Waals surface area contributed by atoms with Gasteiger partial charge in [0.1, 0.15) is 16.9 Å². The zero-order valence-corrected chi connectivity index (χ0v) is 15.7. The number of amides is 1. The van der Waals surface area contributed by atoms with E-state index in [1.165, 1.54) is 7.11 Å². The summed E-state index contributed by atoms with van der Waals surface area (Å²) in [4.78, 5) is 30.9. The Hall–Kier alpha value is -2.57. The maximum Gasteiger partial charge on any atom is 0.410 e. The zero-order chi connectivity index (χ0) is 18.9. The van der Waals surface area contributed by atoms with Crippen molar-refractivity contribution >= 4 is 17.7 Å². The summed E-state index contributed by atoms with van der Waals surface area (Å²) < 4.78 is 12.1. The topological polar surface area (TPSA) is 73.1 Å². The number of carbonyl (C=O) groups excluding carboxylic acids is 2. The molecule has 0 saturated carbocycles. The molecule has 7 heteroatoms. The van der Waals surface area contributed by atoms with Crippen LogP contribution >= 0.6 is 0 Å². The predicted molar refractivity (Wildman–Crippen MR) is 96.1 cm³/mol. The maximum atomic E-state index is 12.7. The number of imidazole rings is 1. The lowest BCUT2D eigenvalue weighted by Crippen LogP contribution is -2.42. The first kappa shape index (κ1) is 18.2. The summed E-state index contributed by atoms with van der Waals surface area (Å²) >= 11 is 0. The highest BCUT2D eigenvalue weighted by atomic mass is 16.6. The first-order chi connectivity index (χ1) is 12.3. The van der Waals surface area contributed by atoms with Crippen LogP contribution in [-0.2, 0) is 9.47 Å². The number of likely N-dealkylation sites (tertiary alicyclic amines) is 1. The van der Waals surface area contributed by atoms with E-state index in [1.54, 1.807) is 27.8 Å². The average Bonchev–Trinajstić information content (AvgIpc) is 3.08. The molecule has 140 valence electrons. The third-order valence-electron chi connectivity index (χ3n) is 4.46. The minimum absolute atomic E-state index is 0.129. The fourth-order valence-corrected chi connectivity index (χ4v) is 3.36. The minimum atomic E-state index is -0.545. The Morgan fingerprint density at radius 2 is 2.00 bits per heavy atom. The van der Waals surface area contributed by atoms with Gasteiger partial charge in [-0.15, -0.1) is 0 Å². The summed E-state index contributed by atoms with van der Waals surface area (Å²) in [6.45, 7) is 6.23. The van der Waals surface area contributed by atoms with Crippen molar-refractivity contribution in [3.05, 3.63) is 35.8 Å². The van der Waals surface area contributed by atoms with Gasteiger partial charge >= 0.3 is 12.1 Å². The van der Waals surface area contributed by atoms with Crippen LogP contribution in [-0.4, -0.2) is 45.6 Å². The van der Waals surface area contributed by atoms with Gasteiger partial charge in [-0.1, -0.05) is 6.07 Å². The van der Waals surface area contributed by atoms with E-state index < -0.39 is 11.6 Å². The van der Waals surface area contributed by atoms with Crippen molar-refractivity contribution in [2.24, 2.45) is 0 Å². The molecule has 1 fully saturated rings. The van der Waals surface area contributed by atoms with Crippen LogP contribution < -0.4 is 0 Å². The van der Waals surface area contributed by atoms with Gasteiger partial charge in [0.2, 0.25) is 0 Å². The van der Waals surface area contributed by atoms with Crippen molar-refractivity contribution in [3.63, 3.8) is 0 Å². The lowest BCUT2D eigenvalue weighted by Gasteiger charge is -2.37. The van der Waals surface area contributed by atoms with Crippen molar-refractivity contribution in [1.29, 1.82) is 0 Å². The van der Waals surface area contributed by atoms with E-state index in [0.29, 0.717) is 17.9 Å². The van der Waals surface area contributed by atoms with E-state index in [4.69, 9.17) is 9.47 Å². The molecule has 0 N–H and O–H groups in total. The van der Waals surface area contributed by atoms with Gasteiger partial charge in [-0.05, 0) is 46.1 Å². The molecular weight excluding hydrogens is 334 g/mol. The number of piperidine rings is 1. The summed E-state index contributed by atoms with van der Waals surface area (Å²) in [5.74, 6) is -0.424. The third kappa shape index (κ3) is 3.52. The van der Waals surface area contributed by atoms with Crippen molar-refractivity contribution < 1.29 is 19.1 Å². The van der Waals surface area contributed by atoms with Crippen molar-refractivity contribution in [2.45, 2.75) is 51.7 Å². The number of hydrogen-bond acceptors (Lipinski definition) is 5. The average molecular weight is 359 g/mol. The van der Waals surface area contributed by atoms with Gasteiger partial charge in [0.05, 0.1) is 13.2 Å². The van der Waals surface area contributed by atoms with Crippen molar-refractivity contribution in [2.75, 3.05) is 13.7 Å². The van der Waals surface area contributed by atoms with Crippen LogP contribution in [0.3, 0.4) is 0 Å². The molecular formula is C19H25N3O4. The molecule has 7 nitrogen and oxygen atoms in total. The number of pyridine rings is 1. The first-order valence-electron chi connectivity index (χ1n) is 8.86.